The van der Waals surface area contributed by atoms with Crippen molar-refractivity contribution in [3.8, 4) is 0 Å². The number of benzene rings is 1. The van der Waals surface area contributed by atoms with Gasteiger partial charge in [-0.3, -0.25) is 4.79 Å². The summed E-state index contributed by atoms with van der Waals surface area (Å²) in [4.78, 5) is 16.4. The van der Waals surface area contributed by atoms with Crippen LogP contribution in [0.2, 0.25) is 0 Å². The van der Waals surface area contributed by atoms with Crippen molar-refractivity contribution in [2.75, 3.05) is 6.54 Å². The van der Waals surface area contributed by atoms with E-state index >= 15 is 0 Å². The van der Waals surface area contributed by atoms with Crippen LogP contribution in [0.3, 0.4) is 0 Å². The number of aromatic nitrogens is 2. The average molecular weight is 314 g/mol. The molecule has 0 saturated heterocycles. The first-order valence-corrected chi connectivity index (χ1v) is 8.15. The molecule has 0 fully saturated rings. The molecule has 1 aromatic carbocycles. The van der Waals surface area contributed by atoms with E-state index in [1.165, 1.54) is 0 Å². The molecule has 0 spiro atoms. The normalized spacial score (nSPS) is 13.5. The Hall–Kier alpha value is -2.14. The van der Waals surface area contributed by atoms with Crippen LogP contribution in [0.5, 0.6) is 0 Å². The third kappa shape index (κ3) is 4.93. The summed E-state index contributed by atoms with van der Waals surface area (Å²) in [7, 11) is 0. The molecule has 2 atom stereocenters. The number of aryl methyl sites for hydroxylation is 2. The highest BCUT2D eigenvalue weighted by Crippen LogP contribution is 2.18. The standard InChI is InChI=1S/C18H26N4O/c1-14(17(19)16-8-4-3-5-9-16)18(23)21-10-6-7-12-22-13-11-20-15(22)2/h3-5,8-9,11,13-14,17H,6-7,10,12,19H2,1-2H3,(H,21,23). The molecule has 0 bridgehead atoms. The Labute approximate surface area is 137 Å². The number of imidazole rings is 1. The number of amides is 1. The van der Waals surface area contributed by atoms with E-state index in [9.17, 15) is 4.79 Å². The van der Waals surface area contributed by atoms with Gasteiger partial charge in [-0.05, 0) is 25.3 Å². The van der Waals surface area contributed by atoms with Crippen LogP contribution in [-0.4, -0.2) is 22.0 Å². The fourth-order valence-corrected chi connectivity index (χ4v) is 2.55. The molecule has 3 N–H and O–H groups in total. The molecule has 1 heterocycles. The molecule has 2 rings (SSSR count). The summed E-state index contributed by atoms with van der Waals surface area (Å²) in [6, 6.07) is 9.48. The van der Waals surface area contributed by atoms with E-state index in [1.807, 2.05) is 56.6 Å². The lowest BCUT2D eigenvalue weighted by Crippen LogP contribution is -2.36. The number of hydrogen-bond donors (Lipinski definition) is 2. The average Bonchev–Trinajstić information content (AvgIpc) is 2.99. The highest BCUT2D eigenvalue weighted by molar-refractivity contribution is 5.79. The fourth-order valence-electron chi connectivity index (χ4n) is 2.55. The van der Waals surface area contributed by atoms with Crippen molar-refractivity contribution in [3.05, 3.63) is 54.1 Å². The third-order valence-corrected chi connectivity index (χ3v) is 4.19. The van der Waals surface area contributed by atoms with Gasteiger partial charge in [0.2, 0.25) is 5.91 Å². The predicted molar refractivity (Wildman–Crippen MR) is 91.7 cm³/mol. The van der Waals surface area contributed by atoms with Crippen LogP contribution in [-0.2, 0) is 11.3 Å². The van der Waals surface area contributed by atoms with Crippen LogP contribution in [0.15, 0.2) is 42.7 Å². The molecule has 1 aromatic heterocycles. The van der Waals surface area contributed by atoms with Crippen LogP contribution >= 0.6 is 0 Å². The molecule has 0 saturated carbocycles. The molecule has 2 aromatic rings. The van der Waals surface area contributed by atoms with Crippen LogP contribution in [0, 0.1) is 12.8 Å². The van der Waals surface area contributed by atoms with Crippen molar-refractivity contribution < 1.29 is 4.79 Å². The van der Waals surface area contributed by atoms with Gasteiger partial charge in [-0.1, -0.05) is 37.3 Å². The van der Waals surface area contributed by atoms with Gasteiger partial charge in [-0.25, -0.2) is 4.98 Å². The Kier molecular flexibility index (Phi) is 6.35. The van der Waals surface area contributed by atoms with Gasteiger partial charge in [-0.15, -0.1) is 0 Å². The van der Waals surface area contributed by atoms with Crippen LogP contribution in [0.1, 0.15) is 37.2 Å². The van der Waals surface area contributed by atoms with Crippen molar-refractivity contribution >= 4 is 5.91 Å². The molecule has 5 heteroatoms. The maximum absolute atomic E-state index is 12.2. The topological polar surface area (TPSA) is 72.9 Å². The minimum absolute atomic E-state index is 0.0140. The lowest BCUT2D eigenvalue weighted by atomic mass is 9.94. The molecule has 0 aliphatic rings. The molecule has 1 amide bonds. The maximum atomic E-state index is 12.2. The van der Waals surface area contributed by atoms with Crippen LogP contribution in [0.25, 0.3) is 0 Å². The predicted octanol–water partition coefficient (Wildman–Crippen LogP) is 2.42. The van der Waals surface area contributed by atoms with E-state index in [-0.39, 0.29) is 17.9 Å². The summed E-state index contributed by atoms with van der Waals surface area (Å²) in [5, 5.41) is 2.98. The first kappa shape index (κ1) is 17.2. The third-order valence-electron chi connectivity index (χ3n) is 4.19. The Morgan fingerprint density at radius 3 is 2.70 bits per heavy atom. The largest absolute Gasteiger partial charge is 0.356 e. The van der Waals surface area contributed by atoms with Gasteiger partial charge in [0.15, 0.2) is 0 Å². The van der Waals surface area contributed by atoms with Gasteiger partial charge in [0, 0.05) is 31.5 Å². The second-order valence-electron chi connectivity index (χ2n) is 5.89. The van der Waals surface area contributed by atoms with Gasteiger partial charge in [-0.2, -0.15) is 0 Å². The highest BCUT2D eigenvalue weighted by Gasteiger charge is 2.21. The van der Waals surface area contributed by atoms with Gasteiger partial charge in [0.05, 0.1) is 5.92 Å². The molecule has 124 valence electrons. The molecular weight excluding hydrogens is 288 g/mol. The van der Waals surface area contributed by atoms with Crippen molar-refractivity contribution in [2.24, 2.45) is 11.7 Å². The van der Waals surface area contributed by atoms with E-state index in [2.05, 4.69) is 14.9 Å². The Balaban J connectivity index is 1.69. The number of rotatable bonds is 8. The number of carbonyl (C=O) groups excluding carboxylic acids is 1. The number of nitrogens with one attached hydrogen (secondary N) is 1. The molecule has 0 radical (unpaired) electrons. The fraction of sp³-hybridized carbons (Fsp3) is 0.444. The minimum atomic E-state index is -0.273. The summed E-state index contributed by atoms with van der Waals surface area (Å²) in [5.41, 5.74) is 7.17. The SMILES string of the molecule is Cc1nccn1CCCCNC(=O)C(C)C(N)c1ccccc1. The Bertz CT molecular complexity index is 608. The molecular formula is C18H26N4O. The monoisotopic (exact) mass is 314 g/mol. The number of carbonyl (C=O) groups is 1. The molecule has 2 unspecified atom stereocenters. The number of hydrogen-bond acceptors (Lipinski definition) is 3. The molecule has 0 aliphatic heterocycles. The number of unbranched alkanes of at least 4 members (excludes halogenated alkanes) is 1. The van der Waals surface area contributed by atoms with Crippen molar-refractivity contribution in [1.82, 2.24) is 14.9 Å². The first-order chi connectivity index (χ1) is 11.1. The number of nitrogens with zero attached hydrogens (tertiary/aromatic N) is 2. The quantitative estimate of drug-likeness (QED) is 0.735. The van der Waals surface area contributed by atoms with Crippen LogP contribution in [0.4, 0.5) is 0 Å². The lowest BCUT2D eigenvalue weighted by Gasteiger charge is -2.19. The summed E-state index contributed by atoms with van der Waals surface area (Å²) in [6.45, 7) is 5.48. The number of nitrogens with two attached hydrogens (primary N) is 1. The second kappa shape index (κ2) is 8.48. The minimum Gasteiger partial charge on any atom is -0.356 e. The van der Waals surface area contributed by atoms with E-state index in [0.29, 0.717) is 6.54 Å². The molecule has 0 aliphatic carbocycles. The van der Waals surface area contributed by atoms with Gasteiger partial charge in [0.25, 0.3) is 0 Å². The van der Waals surface area contributed by atoms with Crippen molar-refractivity contribution in [3.63, 3.8) is 0 Å². The Morgan fingerprint density at radius 1 is 1.30 bits per heavy atom. The summed E-state index contributed by atoms with van der Waals surface area (Å²) >= 11 is 0. The molecule has 23 heavy (non-hydrogen) atoms. The second-order valence-corrected chi connectivity index (χ2v) is 5.89. The zero-order chi connectivity index (χ0) is 16.7. The maximum Gasteiger partial charge on any atom is 0.224 e. The summed E-state index contributed by atoms with van der Waals surface area (Å²) in [5.74, 6) is 0.796. The summed E-state index contributed by atoms with van der Waals surface area (Å²) in [6.07, 6.45) is 5.74. The zero-order valence-electron chi connectivity index (χ0n) is 13.9. The first-order valence-electron chi connectivity index (χ1n) is 8.15. The summed E-state index contributed by atoms with van der Waals surface area (Å²) < 4.78 is 2.12. The highest BCUT2D eigenvalue weighted by atomic mass is 16.1. The Morgan fingerprint density at radius 2 is 2.04 bits per heavy atom. The van der Waals surface area contributed by atoms with Crippen molar-refractivity contribution in [1.29, 1.82) is 0 Å². The van der Waals surface area contributed by atoms with E-state index < -0.39 is 0 Å². The smallest absolute Gasteiger partial charge is 0.224 e. The van der Waals surface area contributed by atoms with Gasteiger partial charge >= 0.3 is 0 Å². The van der Waals surface area contributed by atoms with Gasteiger partial charge in [0.1, 0.15) is 5.82 Å². The van der Waals surface area contributed by atoms with E-state index in [4.69, 9.17) is 5.73 Å². The van der Waals surface area contributed by atoms with Crippen LogP contribution < -0.4 is 11.1 Å². The van der Waals surface area contributed by atoms with Crippen molar-refractivity contribution in [2.45, 2.75) is 39.3 Å². The van der Waals surface area contributed by atoms with Gasteiger partial charge < -0.3 is 15.6 Å². The lowest BCUT2D eigenvalue weighted by molar-refractivity contribution is -0.125. The van der Waals surface area contributed by atoms with E-state index in [0.717, 1.165) is 30.8 Å². The zero-order valence-corrected chi connectivity index (χ0v) is 13.9. The van der Waals surface area contributed by atoms with E-state index in [1.54, 1.807) is 0 Å². The molecule has 5 nitrogen and oxygen atoms in total.